The van der Waals surface area contributed by atoms with Gasteiger partial charge in [0.25, 0.3) is 0 Å². The highest BCUT2D eigenvalue weighted by molar-refractivity contribution is 5.78. The Labute approximate surface area is 125 Å². The molecule has 0 heterocycles. The average Bonchev–Trinajstić information content (AvgIpc) is 2.47. The summed E-state index contributed by atoms with van der Waals surface area (Å²) in [6.07, 6.45) is 0. The first-order valence-electron chi connectivity index (χ1n) is 6.94. The molecule has 3 nitrogen and oxygen atoms in total. The van der Waals surface area contributed by atoms with Crippen LogP contribution in [0.2, 0.25) is 0 Å². The molecule has 2 rings (SSSR count). The summed E-state index contributed by atoms with van der Waals surface area (Å²) in [6.45, 7) is 4.27. The predicted octanol–water partition coefficient (Wildman–Crippen LogP) is 3.64. The molecule has 0 fully saturated rings. The molecule has 1 atom stereocenters. The van der Waals surface area contributed by atoms with Gasteiger partial charge in [0.2, 0.25) is 0 Å². The zero-order valence-electron chi connectivity index (χ0n) is 12.6. The van der Waals surface area contributed by atoms with Gasteiger partial charge < -0.3 is 9.47 Å². The second-order valence-corrected chi connectivity index (χ2v) is 5.12. The third kappa shape index (κ3) is 4.09. The van der Waals surface area contributed by atoms with E-state index in [2.05, 4.69) is 0 Å². The van der Waals surface area contributed by atoms with E-state index >= 15 is 0 Å². The van der Waals surface area contributed by atoms with Gasteiger partial charge in [-0.05, 0) is 37.1 Å². The number of carbonyl (C=O) groups excluding carboxylic acids is 1. The molecule has 21 heavy (non-hydrogen) atoms. The van der Waals surface area contributed by atoms with Crippen molar-refractivity contribution in [3.8, 4) is 5.75 Å². The number of ether oxygens (including phenoxy) is 2. The maximum Gasteiger partial charge on any atom is 0.316 e. The molecule has 2 aromatic carbocycles. The lowest BCUT2D eigenvalue weighted by molar-refractivity contribution is -0.143. The normalized spacial score (nSPS) is 11.8. The van der Waals surface area contributed by atoms with Crippen LogP contribution >= 0.6 is 0 Å². The van der Waals surface area contributed by atoms with Crippen molar-refractivity contribution in [2.24, 2.45) is 0 Å². The molecule has 0 saturated carbocycles. The van der Waals surface area contributed by atoms with E-state index < -0.39 is 5.92 Å². The summed E-state index contributed by atoms with van der Waals surface area (Å²) in [5, 5.41) is 0. The molecule has 0 aliphatic rings. The van der Waals surface area contributed by atoms with Gasteiger partial charge in [-0.1, -0.05) is 42.0 Å². The van der Waals surface area contributed by atoms with Crippen LogP contribution in [0.15, 0.2) is 48.5 Å². The first-order valence-corrected chi connectivity index (χ1v) is 6.94. The van der Waals surface area contributed by atoms with Gasteiger partial charge in [-0.2, -0.15) is 0 Å². The monoisotopic (exact) mass is 284 g/mol. The Bertz CT molecular complexity index is 619. The van der Waals surface area contributed by atoms with E-state index in [0.717, 1.165) is 22.4 Å². The van der Waals surface area contributed by atoms with Gasteiger partial charge in [0.1, 0.15) is 18.3 Å². The van der Waals surface area contributed by atoms with E-state index in [0.29, 0.717) is 0 Å². The molecule has 0 aliphatic heterocycles. The van der Waals surface area contributed by atoms with Gasteiger partial charge >= 0.3 is 5.97 Å². The van der Waals surface area contributed by atoms with Crippen molar-refractivity contribution in [1.29, 1.82) is 0 Å². The van der Waals surface area contributed by atoms with Crippen LogP contribution in [0.1, 0.15) is 22.6 Å². The molecular weight excluding hydrogens is 264 g/mol. The summed E-state index contributed by atoms with van der Waals surface area (Å²) in [4.78, 5) is 12.0. The molecule has 0 radical (unpaired) electrons. The van der Waals surface area contributed by atoms with Crippen molar-refractivity contribution in [2.45, 2.75) is 19.8 Å². The van der Waals surface area contributed by atoms with Crippen molar-refractivity contribution in [1.82, 2.24) is 0 Å². The molecule has 0 amide bonds. The van der Waals surface area contributed by atoms with Crippen molar-refractivity contribution in [3.05, 3.63) is 65.2 Å². The fourth-order valence-corrected chi connectivity index (χ4v) is 2.21. The molecule has 0 spiro atoms. The van der Waals surface area contributed by atoms with E-state index in [9.17, 15) is 4.79 Å². The highest BCUT2D eigenvalue weighted by atomic mass is 16.5. The number of hydrogen-bond acceptors (Lipinski definition) is 3. The minimum atomic E-state index is -0.421. The molecule has 0 aliphatic carbocycles. The van der Waals surface area contributed by atoms with Crippen LogP contribution in [0.5, 0.6) is 5.75 Å². The summed E-state index contributed by atoms with van der Waals surface area (Å²) in [6, 6.07) is 15.6. The van der Waals surface area contributed by atoms with Gasteiger partial charge in [-0.3, -0.25) is 4.79 Å². The fourth-order valence-electron chi connectivity index (χ4n) is 2.21. The van der Waals surface area contributed by atoms with Crippen molar-refractivity contribution >= 4 is 5.97 Å². The summed E-state index contributed by atoms with van der Waals surface area (Å²) >= 11 is 0. The fraction of sp³-hybridized carbons (Fsp3) is 0.278. The van der Waals surface area contributed by atoms with Crippen LogP contribution in [-0.4, -0.2) is 19.7 Å². The van der Waals surface area contributed by atoms with Crippen LogP contribution < -0.4 is 4.74 Å². The molecule has 1 unspecified atom stereocenters. The largest absolute Gasteiger partial charge is 0.492 e. The standard InChI is InChI=1S/C18H20O3/c1-13-6-4-8-15(10-13)17(18(19)20-3)12-21-16-9-5-7-14(2)11-16/h4-11,17H,12H2,1-3H3. The van der Waals surface area contributed by atoms with Gasteiger partial charge in [0, 0.05) is 0 Å². The molecule has 0 saturated heterocycles. The number of carbonyl (C=O) groups is 1. The Kier molecular flexibility index (Phi) is 4.99. The van der Waals surface area contributed by atoms with Gasteiger partial charge in [-0.15, -0.1) is 0 Å². The Morgan fingerprint density at radius 3 is 2.33 bits per heavy atom. The first kappa shape index (κ1) is 15.1. The zero-order chi connectivity index (χ0) is 15.2. The highest BCUT2D eigenvalue weighted by Gasteiger charge is 2.22. The molecule has 3 heteroatoms. The van der Waals surface area contributed by atoms with Crippen LogP contribution in [0.25, 0.3) is 0 Å². The van der Waals surface area contributed by atoms with Crippen molar-refractivity contribution < 1.29 is 14.3 Å². The van der Waals surface area contributed by atoms with Gasteiger partial charge in [0.05, 0.1) is 7.11 Å². The maximum absolute atomic E-state index is 12.0. The van der Waals surface area contributed by atoms with Crippen LogP contribution in [0.4, 0.5) is 0 Å². The molecule has 0 bridgehead atoms. The summed E-state index contributed by atoms with van der Waals surface area (Å²) in [7, 11) is 1.40. The molecule has 0 aromatic heterocycles. The minimum Gasteiger partial charge on any atom is -0.492 e. The second-order valence-electron chi connectivity index (χ2n) is 5.12. The van der Waals surface area contributed by atoms with E-state index in [1.165, 1.54) is 7.11 Å². The number of esters is 1. The Balaban J connectivity index is 2.16. The molecule has 2 aromatic rings. The highest BCUT2D eigenvalue weighted by Crippen LogP contribution is 2.21. The smallest absolute Gasteiger partial charge is 0.316 e. The quantitative estimate of drug-likeness (QED) is 0.786. The zero-order valence-corrected chi connectivity index (χ0v) is 12.6. The number of benzene rings is 2. The minimum absolute atomic E-state index is 0.263. The second kappa shape index (κ2) is 6.93. The summed E-state index contributed by atoms with van der Waals surface area (Å²) in [5.41, 5.74) is 3.14. The van der Waals surface area contributed by atoms with Gasteiger partial charge in [0.15, 0.2) is 0 Å². The third-order valence-corrected chi connectivity index (χ3v) is 3.34. The van der Waals surface area contributed by atoms with E-state index in [4.69, 9.17) is 9.47 Å². The SMILES string of the molecule is COC(=O)C(COc1cccc(C)c1)c1cccc(C)c1. The Morgan fingerprint density at radius 1 is 1.05 bits per heavy atom. The maximum atomic E-state index is 12.0. The lowest BCUT2D eigenvalue weighted by Gasteiger charge is -2.16. The van der Waals surface area contributed by atoms with Crippen LogP contribution in [0, 0.1) is 13.8 Å². The van der Waals surface area contributed by atoms with E-state index in [1.54, 1.807) is 0 Å². The summed E-state index contributed by atoms with van der Waals surface area (Å²) < 4.78 is 10.7. The summed E-state index contributed by atoms with van der Waals surface area (Å²) in [5.74, 6) is 0.0558. The molecule has 0 N–H and O–H groups in total. The van der Waals surface area contributed by atoms with Crippen LogP contribution in [-0.2, 0) is 9.53 Å². The Morgan fingerprint density at radius 2 is 1.71 bits per heavy atom. The first-order chi connectivity index (χ1) is 10.1. The van der Waals surface area contributed by atoms with E-state index in [-0.39, 0.29) is 12.6 Å². The third-order valence-electron chi connectivity index (χ3n) is 3.34. The lowest BCUT2D eigenvalue weighted by Crippen LogP contribution is -2.21. The Hall–Kier alpha value is -2.29. The lowest BCUT2D eigenvalue weighted by atomic mass is 9.98. The molecule has 110 valence electrons. The van der Waals surface area contributed by atoms with E-state index in [1.807, 2.05) is 62.4 Å². The topological polar surface area (TPSA) is 35.5 Å². The number of aryl methyl sites for hydroxylation is 2. The number of rotatable bonds is 5. The van der Waals surface area contributed by atoms with Crippen molar-refractivity contribution in [3.63, 3.8) is 0 Å². The predicted molar refractivity (Wildman–Crippen MR) is 82.6 cm³/mol. The van der Waals surface area contributed by atoms with Gasteiger partial charge in [-0.25, -0.2) is 0 Å². The molecular formula is C18H20O3. The van der Waals surface area contributed by atoms with Crippen LogP contribution in [0.3, 0.4) is 0 Å². The number of methoxy groups -OCH3 is 1. The van der Waals surface area contributed by atoms with Crippen molar-refractivity contribution in [2.75, 3.05) is 13.7 Å². The number of hydrogen-bond donors (Lipinski definition) is 0. The average molecular weight is 284 g/mol.